The van der Waals surface area contributed by atoms with E-state index < -0.39 is 5.82 Å². The Bertz CT molecular complexity index is 773. The third-order valence-electron chi connectivity index (χ3n) is 3.29. The number of aromatic nitrogens is 1. The van der Waals surface area contributed by atoms with Crippen molar-refractivity contribution >= 4 is 22.5 Å². The van der Waals surface area contributed by atoms with Crippen molar-refractivity contribution in [2.24, 2.45) is 5.73 Å². The molecule has 2 N–H and O–H groups in total. The maximum Gasteiger partial charge on any atom is 0.141 e. The molecule has 3 rings (SSSR count). The monoisotopic (exact) mass is 286 g/mol. The highest BCUT2D eigenvalue weighted by Gasteiger charge is 2.11. The van der Waals surface area contributed by atoms with Crippen molar-refractivity contribution in [2.45, 2.75) is 6.04 Å². The first-order chi connectivity index (χ1) is 9.65. The summed E-state index contributed by atoms with van der Waals surface area (Å²) in [6.07, 6.45) is 1.74. The van der Waals surface area contributed by atoms with Crippen LogP contribution in [0.4, 0.5) is 4.39 Å². The predicted molar refractivity (Wildman–Crippen MR) is 79.2 cm³/mol. The standard InChI is InChI=1S/C16H12ClFN2/c17-13-8-11(5-6-14(13)18)16(19)12-4-3-10-2-1-7-20-15(10)9-12/h1-9,16H,19H2. The lowest BCUT2D eigenvalue weighted by molar-refractivity contribution is 0.627. The second-order valence-corrected chi connectivity index (χ2v) is 5.01. The van der Waals surface area contributed by atoms with Crippen molar-refractivity contribution in [3.05, 3.63) is 76.7 Å². The van der Waals surface area contributed by atoms with E-state index in [-0.39, 0.29) is 11.1 Å². The lowest BCUT2D eigenvalue weighted by Gasteiger charge is -2.13. The molecular formula is C16H12ClFN2. The smallest absolute Gasteiger partial charge is 0.141 e. The highest BCUT2D eigenvalue weighted by molar-refractivity contribution is 6.30. The molecule has 1 atom stereocenters. The molecule has 2 aromatic carbocycles. The van der Waals surface area contributed by atoms with E-state index in [1.54, 1.807) is 18.3 Å². The van der Waals surface area contributed by atoms with E-state index in [4.69, 9.17) is 17.3 Å². The number of halogens is 2. The fourth-order valence-electron chi connectivity index (χ4n) is 2.18. The molecule has 3 aromatic rings. The molecule has 1 unspecified atom stereocenters. The van der Waals surface area contributed by atoms with Crippen LogP contribution in [0.1, 0.15) is 17.2 Å². The molecular weight excluding hydrogens is 275 g/mol. The van der Waals surface area contributed by atoms with Gasteiger partial charge in [-0.3, -0.25) is 4.98 Å². The zero-order valence-electron chi connectivity index (χ0n) is 10.6. The molecule has 0 fully saturated rings. The van der Waals surface area contributed by atoms with Crippen LogP contribution in [0.25, 0.3) is 10.9 Å². The van der Waals surface area contributed by atoms with Crippen LogP contribution in [0.5, 0.6) is 0 Å². The van der Waals surface area contributed by atoms with Crippen LogP contribution in [0.3, 0.4) is 0 Å². The minimum atomic E-state index is -0.442. The van der Waals surface area contributed by atoms with Crippen LogP contribution in [0.2, 0.25) is 5.02 Å². The number of pyridine rings is 1. The Hall–Kier alpha value is -1.97. The Kier molecular flexibility index (Phi) is 3.38. The third kappa shape index (κ3) is 2.38. The molecule has 0 aliphatic rings. The summed E-state index contributed by atoms with van der Waals surface area (Å²) in [5, 5.41) is 1.14. The Morgan fingerprint density at radius 1 is 1.05 bits per heavy atom. The topological polar surface area (TPSA) is 38.9 Å². The van der Waals surface area contributed by atoms with E-state index in [1.807, 2.05) is 30.3 Å². The first-order valence-electron chi connectivity index (χ1n) is 6.20. The van der Waals surface area contributed by atoms with Gasteiger partial charge in [0.1, 0.15) is 5.82 Å². The van der Waals surface area contributed by atoms with E-state index in [2.05, 4.69) is 4.98 Å². The van der Waals surface area contributed by atoms with Crippen LogP contribution in [0, 0.1) is 5.82 Å². The summed E-state index contributed by atoms with van der Waals surface area (Å²) >= 11 is 5.80. The number of rotatable bonds is 2. The maximum atomic E-state index is 13.2. The van der Waals surface area contributed by atoms with Gasteiger partial charge in [0.15, 0.2) is 0 Å². The van der Waals surface area contributed by atoms with Gasteiger partial charge in [-0.25, -0.2) is 4.39 Å². The Morgan fingerprint density at radius 3 is 2.60 bits per heavy atom. The molecule has 2 nitrogen and oxygen atoms in total. The SMILES string of the molecule is NC(c1ccc(F)c(Cl)c1)c1ccc2cccnc2c1. The van der Waals surface area contributed by atoms with Crippen molar-refractivity contribution in [1.29, 1.82) is 0 Å². The molecule has 0 spiro atoms. The van der Waals surface area contributed by atoms with Crippen molar-refractivity contribution in [2.75, 3.05) is 0 Å². The lowest BCUT2D eigenvalue weighted by Crippen LogP contribution is -2.12. The molecule has 100 valence electrons. The van der Waals surface area contributed by atoms with Crippen LogP contribution >= 0.6 is 11.6 Å². The minimum Gasteiger partial charge on any atom is -0.320 e. The highest BCUT2D eigenvalue weighted by Crippen LogP contribution is 2.25. The van der Waals surface area contributed by atoms with Gasteiger partial charge in [0, 0.05) is 11.6 Å². The molecule has 0 bridgehead atoms. The molecule has 1 heterocycles. The fourth-order valence-corrected chi connectivity index (χ4v) is 2.36. The Labute approximate surface area is 121 Å². The Balaban J connectivity index is 2.02. The lowest BCUT2D eigenvalue weighted by atomic mass is 9.98. The molecule has 4 heteroatoms. The average Bonchev–Trinajstić information content (AvgIpc) is 2.49. The van der Waals surface area contributed by atoms with Crippen molar-refractivity contribution in [3.8, 4) is 0 Å². The number of benzene rings is 2. The summed E-state index contributed by atoms with van der Waals surface area (Å²) in [4.78, 5) is 4.31. The summed E-state index contributed by atoms with van der Waals surface area (Å²) in [6.45, 7) is 0. The number of nitrogens with zero attached hydrogens (tertiary/aromatic N) is 1. The number of hydrogen-bond acceptors (Lipinski definition) is 2. The predicted octanol–water partition coefficient (Wildman–Crippen LogP) is 4.08. The first kappa shape index (κ1) is 13.0. The zero-order valence-corrected chi connectivity index (χ0v) is 11.3. The summed E-state index contributed by atoms with van der Waals surface area (Å²) in [7, 11) is 0. The van der Waals surface area contributed by atoms with Gasteiger partial charge in [-0.2, -0.15) is 0 Å². The summed E-state index contributed by atoms with van der Waals surface area (Å²) in [5.74, 6) is -0.442. The molecule has 0 saturated heterocycles. The fraction of sp³-hybridized carbons (Fsp3) is 0.0625. The van der Waals surface area contributed by atoms with E-state index >= 15 is 0 Å². The first-order valence-corrected chi connectivity index (χ1v) is 6.58. The van der Waals surface area contributed by atoms with Crippen molar-refractivity contribution in [1.82, 2.24) is 4.98 Å². The second kappa shape index (κ2) is 5.19. The maximum absolute atomic E-state index is 13.2. The minimum absolute atomic E-state index is 0.0804. The van der Waals surface area contributed by atoms with E-state index in [0.717, 1.165) is 22.0 Å². The van der Waals surface area contributed by atoms with E-state index in [1.165, 1.54) is 6.07 Å². The van der Waals surface area contributed by atoms with Crippen molar-refractivity contribution in [3.63, 3.8) is 0 Å². The molecule has 0 aliphatic heterocycles. The third-order valence-corrected chi connectivity index (χ3v) is 3.58. The molecule has 0 amide bonds. The van der Waals surface area contributed by atoms with E-state index in [0.29, 0.717) is 0 Å². The van der Waals surface area contributed by atoms with Gasteiger partial charge >= 0.3 is 0 Å². The summed E-state index contributed by atoms with van der Waals surface area (Å²) in [5.41, 5.74) is 8.79. The van der Waals surface area contributed by atoms with Gasteiger partial charge in [-0.15, -0.1) is 0 Å². The molecule has 0 radical (unpaired) electrons. The van der Waals surface area contributed by atoms with Gasteiger partial charge in [-0.1, -0.05) is 35.9 Å². The van der Waals surface area contributed by atoms with Gasteiger partial charge in [0.25, 0.3) is 0 Å². The Morgan fingerprint density at radius 2 is 1.80 bits per heavy atom. The second-order valence-electron chi connectivity index (χ2n) is 4.61. The molecule has 20 heavy (non-hydrogen) atoms. The van der Waals surface area contributed by atoms with Crippen molar-refractivity contribution < 1.29 is 4.39 Å². The quantitative estimate of drug-likeness (QED) is 0.771. The van der Waals surface area contributed by atoms with E-state index in [9.17, 15) is 4.39 Å². The summed E-state index contributed by atoms with van der Waals surface area (Å²) < 4.78 is 13.2. The van der Waals surface area contributed by atoms with Gasteiger partial charge in [0.05, 0.1) is 16.6 Å². The van der Waals surface area contributed by atoms with Gasteiger partial charge in [-0.05, 0) is 35.4 Å². The normalized spacial score (nSPS) is 12.6. The zero-order chi connectivity index (χ0) is 14.1. The highest BCUT2D eigenvalue weighted by atomic mass is 35.5. The van der Waals surface area contributed by atoms with Crippen LogP contribution in [-0.4, -0.2) is 4.98 Å². The number of hydrogen-bond donors (Lipinski definition) is 1. The number of nitrogens with two attached hydrogens (primary N) is 1. The average molecular weight is 287 g/mol. The van der Waals surface area contributed by atoms with Gasteiger partial charge < -0.3 is 5.73 Å². The van der Waals surface area contributed by atoms with Crippen LogP contribution in [0.15, 0.2) is 54.7 Å². The molecule has 0 aliphatic carbocycles. The summed E-state index contributed by atoms with van der Waals surface area (Å²) in [6, 6.07) is 13.9. The number of fused-ring (bicyclic) bond motifs is 1. The molecule has 0 saturated carbocycles. The van der Waals surface area contributed by atoms with Crippen LogP contribution in [-0.2, 0) is 0 Å². The van der Waals surface area contributed by atoms with Gasteiger partial charge in [0.2, 0.25) is 0 Å². The largest absolute Gasteiger partial charge is 0.320 e. The van der Waals surface area contributed by atoms with Crippen LogP contribution < -0.4 is 5.73 Å². The molecule has 1 aromatic heterocycles.